The van der Waals surface area contributed by atoms with Crippen LogP contribution in [0, 0.1) is 5.92 Å². The number of carbonyl (C=O) groups excluding carboxylic acids is 2. The highest BCUT2D eigenvalue weighted by Gasteiger charge is 2.34. The van der Waals surface area contributed by atoms with Crippen molar-refractivity contribution in [1.29, 1.82) is 0 Å². The number of likely N-dealkylation sites (tertiary alicyclic amines) is 1. The molecule has 2 aliphatic rings. The number of nitrogens with one attached hydrogen (secondary N) is 1. The van der Waals surface area contributed by atoms with Crippen LogP contribution in [0.3, 0.4) is 0 Å². The zero-order chi connectivity index (χ0) is 20.3. The molecule has 1 unspecified atom stereocenters. The van der Waals surface area contributed by atoms with Crippen molar-refractivity contribution >= 4 is 11.8 Å². The van der Waals surface area contributed by atoms with Crippen molar-refractivity contribution in [2.45, 2.75) is 44.9 Å². The molecule has 2 aliphatic heterocycles. The Morgan fingerprint density at radius 3 is 2.61 bits per heavy atom. The Labute approximate surface area is 162 Å². The molecule has 8 heteroatoms. The molecule has 0 spiro atoms. The minimum Gasteiger partial charge on any atom is -0.353 e. The molecular formula is C20H26F3N3O2. The summed E-state index contributed by atoms with van der Waals surface area (Å²) in [5.41, 5.74) is -0.227. The summed E-state index contributed by atoms with van der Waals surface area (Å²) in [5.74, 6) is 0.291. The fourth-order valence-electron chi connectivity index (χ4n) is 3.81. The van der Waals surface area contributed by atoms with Crippen molar-refractivity contribution in [2.75, 3.05) is 26.2 Å². The lowest BCUT2D eigenvalue weighted by Crippen LogP contribution is -2.56. The summed E-state index contributed by atoms with van der Waals surface area (Å²) in [7, 11) is 0. The second kappa shape index (κ2) is 8.51. The Kier molecular flexibility index (Phi) is 6.27. The van der Waals surface area contributed by atoms with Gasteiger partial charge < -0.3 is 10.2 Å². The van der Waals surface area contributed by atoms with E-state index in [2.05, 4.69) is 12.2 Å². The largest absolute Gasteiger partial charge is 0.416 e. The average molecular weight is 397 g/mol. The van der Waals surface area contributed by atoms with Gasteiger partial charge in [0.1, 0.15) is 0 Å². The molecule has 0 radical (unpaired) electrons. The molecule has 1 atom stereocenters. The van der Waals surface area contributed by atoms with E-state index in [9.17, 15) is 22.8 Å². The third-order valence-electron chi connectivity index (χ3n) is 5.59. The van der Waals surface area contributed by atoms with Crippen LogP contribution in [0.25, 0.3) is 0 Å². The molecule has 5 nitrogen and oxygen atoms in total. The van der Waals surface area contributed by atoms with Crippen LogP contribution < -0.4 is 5.32 Å². The predicted molar refractivity (Wildman–Crippen MR) is 98.2 cm³/mol. The molecule has 154 valence electrons. The van der Waals surface area contributed by atoms with Gasteiger partial charge in [-0.3, -0.25) is 14.5 Å². The highest BCUT2D eigenvalue weighted by atomic mass is 19.4. The lowest BCUT2D eigenvalue weighted by atomic mass is 9.98. The molecule has 0 saturated carbocycles. The molecule has 1 aromatic carbocycles. The first-order valence-electron chi connectivity index (χ1n) is 9.69. The van der Waals surface area contributed by atoms with Gasteiger partial charge in [0, 0.05) is 32.7 Å². The Morgan fingerprint density at radius 2 is 1.93 bits per heavy atom. The van der Waals surface area contributed by atoms with Crippen molar-refractivity contribution in [3.8, 4) is 0 Å². The lowest BCUT2D eigenvalue weighted by molar-refractivity contribution is -0.140. The third-order valence-corrected chi connectivity index (χ3v) is 5.59. The van der Waals surface area contributed by atoms with E-state index < -0.39 is 17.8 Å². The number of rotatable bonds is 4. The van der Waals surface area contributed by atoms with E-state index in [-0.39, 0.29) is 24.8 Å². The molecule has 1 N–H and O–H groups in total. The minimum absolute atomic E-state index is 0.0547. The number of alkyl halides is 3. The minimum atomic E-state index is -4.41. The number of piperazine rings is 1. The van der Waals surface area contributed by atoms with Crippen LogP contribution in [0.15, 0.2) is 24.3 Å². The number of hydrogen-bond acceptors (Lipinski definition) is 3. The highest BCUT2D eigenvalue weighted by Crippen LogP contribution is 2.30. The van der Waals surface area contributed by atoms with Crippen LogP contribution in [-0.4, -0.2) is 53.8 Å². The highest BCUT2D eigenvalue weighted by molar-refractivity contribution is 5.88. The van der Waals surface area contributed by atoms with E-state index >= 15 is 0 Å². The molecule has 2 saturated heterocycles. The third kappa shape index (κ3) is 5.04. The molecule has 0 aromatic heterocycles. The van der Waals surface area contributed by atoms with Crippen LogP contribution in [0.4, 0.5) is 13.2 Å². The Bertz CT molecular complexity index is 715. The zero-order valence-corrected chi connectivity index (χ0v) is 16.0. The van der Waals surface area contributed by atoms with Gasteiger partial charge in [-0.15, -0.1) is 0 Å². The summed E-state index contributed by atoms with van der Waals surface area (Å²) in [6.07, 6.45) is -2.44. The molecule has 2 amide bonds. The molecule has 28 heavy (non-hydrogen) atoms. The van der Waals surface area contributed by atoms with E-state index in [0.29, 0.717) is 37.7 Å². The van der Waals surface area contributed by atoms with Crippen LogP contribution in [-0.2, 0) is 22.3 Å². The summed E-state index contributed by atoms with van der Waals surface area (Å²) in [5, 5.41) is 2.77. The van der Waals surface area contributed by atoms with Gasteiger partial charge in [-0.2, -0.15) is 13.2 Å². The monoisotopic (exact) mass is 397 g/mol. The molecule has 0 aliphatic carbocycles. The van der Waals surface area contributed by atoms with Crippen molar-refractivity contribution in [2.24, 2.45) is 5.92 Å². The molecule has 0 bridgehead atoms. The van der Waals surface area contributed by atoms with Gasteiger partial charge >= 0.3 is 6.18 Å². The van der Waals surface area contributed by atoms with Crippen LogP contribution in [0.2, 0.25) is 0 Å². The number of amides is 2. The van der Waals surface area contributed by atoms with Crippen LogP contribution in [0.1, 0.15) is 37.3 Å². The van der Waals surface area contributed by atoms with E-state index in [0.717, 1.165) is 25.0 Å². The molecule has 2 fully saturated rings. The molecule has 3 rings (SSSR count). The fourth-order valence-corrected chi connectivity index (χ4v) is 3.81. The normalized spacial score (nSPS) is 22.2. The number of hydrogen-bond donors (Lipinski definition) is 1. The standard InChI is InChI=1S/C20H26F3N3O2/c1-14-5-8-25(9-6-14)18(27)12-17-19(28)24-7-10-26(17)13-15-3-2-4-16(11-15)20(21,22)23/h2-4,11,14,17H,5-10,12-13H2,1H3,(H,24,28). The van der Waals surface area contributed by atoms with Crippen LogP contribution >= 0.6 is 0 Å². The smallest absolute Gasteiger partial charge is 0.353 e. The van der Waals surface area contributed by atoms with Crippen molar-refractivity contribution in [3.05, 3.63) is 35.4 Å². The zero-order valence-electron chi connectivity index (χ0n) is 16.0. The van der Waals surface area contributed by atoms with Gasteiger partial charge in [0.15, 0.2) is 0 Å². The lowest BCUT2D eigenvalue weighted by Gasteiger charge is -2.37. The Hall–Kier alpha value is -2.09. The number of halogens is 3. The summed E-state index contributed by atoms with van der Waals surface area (Å²) in [6.45, 7) is 4.67. The SMILES string of the molecule is CC1CCN(C(=O)CC2C(=O)NCCN2Cc2cccc(C(F)(F)F)c2)CC1. The summed E-state index contributed by atoms with van der Waals surface area (Å²) in [6, 6.07) is 4.47. The topological polar surface area (TPSA) is 52.7 Å². The first-order chi connectivity index (χ1) is 13.2. The Balaban J connectivity index is 1.69. The Morgan fingerprint density at radius 1 is 1.21 bits per heavy atom. The molecular weight excluding hydrogens is 371 g/mol. The number of carbonyl (C=O) groups is 2. The van der Waals surface area contributed by atoms with Gasteiger partial charge in [0.05, 0.1) is 18.0 Å². The van der Waals surface area contributed by atoms with Gasteiger partial charge in [-0.1, -0.05) is 25.1 Å². The van der Waals surface area contributed by atoms with Crippen LogP contribution in [0.5, 0.6) is 0 Å². The fraction of sp³-hybridized carbons (Fsp3) is 0.600. The predicted octanol–water partition coefficient (Wildman–Crippen LogP) is 2.65. The number of piperidine rings is 1. The first-order valence-corrected chi connectivity index (χ1v) is 9.69. The van der Waals surface area contributed by atoms with E-state index in [1.807, 2.05) is 0 Å². The van der Waals surface area contributed by atoms with Crippen molar-refractivity contribution in [3.63, 3.8) is 0 Å². The second-order valence-corrected chi connectivity index (χ2v) is 7.74. The van der Waals surface area contributed by atoms with E-state index in [4.69, 9.17) is 0 Å². The molecule has 1 aromatic rings. The van der Waals surface area contributed by atoms with Gasteiger partial charge in [0.2, 0.25) is 11.8 Å². The van der Waals surface area contributed by atoms with Crippen molar-refractivity contribution < 1.29 is 22.8 Å². The van der Waals surface area contributed by atoms with Gasteiger partial charge in [-0.05, 0) is 30.4 Å². The van der Waals surface area contributed by atoms with E-state index in [1.165, 1.54) is 6.07 Å². The second-order valence-electron chi connectivity index (χ2n) is 7.74. The van der Waals surface area contributed by atoms with Gasteiger partial charge in [-0.25, -0.2) is 0 Å². The summed E-state index contributed by atoms with van der Waals surface area (Å²) >= 11 is 0. The number of nitrogens with zero attached hydrogens (tertiary/aromatic N) is 2. The van der Waals surface area contributed by atoms with Crippen molar-refractivity contribution in [1.82, 2.24) is 15.1 Å². The quantitative estimate of drug-likeness (QED) is 0.850. The maximum atomic E-state index is 13.0. The van der Waals surface area contributed by atoms with E-state index in [1.54, 1.807) is 15.9 Å². The average Bonchev–Trinajstić information content (AvgIpc) is 2.64. The molecule has 2 heterocycles. The van der Waals surface area contributed by atoms with Gasteiger partial charge in [0.25, 0.3) is 0 Å². The summed E-state index contributed by atoms with van der Waals surface area (Å²) in [4.78, 5) is 28.7. The first kappa shape index (κ1) is 20.6. The number of benzene rings is 1. The maximum Gasteiger partial charge on any atom is 0.416 e. The summed E-state index contributed by atoms with van der Waals surface area (Å²) < 4.78 is 38.9. The maximum absolute atomic E-state index is 13.0.